The van der Waals surface area contributed by atoms with Crippen molar-refractivity contribution in [2.45, 2.75) is 335 Å². The fourth-order valence-electron chi connectivity index (χ4n) is 9.19. The van der Waals surface area contributed by atoms with Crippen LogP contribution in [0.1, 0.15) is 329 Å². The minimum atomic E-state index is -0.782. The predicted molar refractivity (Wildman–Crippen MR) is 316 cm³/mol. The first-order valence-corrected chi connectivity index (χ1v) is 31.8. The van der Waals surface area contributed by atoms with E-state index in [0.29, 0.717) is 19.3 Å². The van der Waals surface area contributed by atoms with Crippen LogP contribution in [0, 0.1) is 0 Å². The van der Waals surface area contributed by atoms with Crippen molar-refractivity contribution in [3.8, 4) is 0 Å². The number of unbranched alkanes of at least 4 members (excludes halogenated alkanes) is 37. The Hall–Kier alpha value is -2.89. The molecule has 0 aromatic carbocycles. The summed E-state index contributed by atoms with van der Waals surface area (Å²) in [4.78, 5) is 38.3. The van der Waals surface area contributed by atoms with Gasteiger partial charge in [0.15, 0.2) is 6.10 Å². The Kier molecular flexibility index (Phi) is 59.2. The molecule has 0 aromatic rings. The fraction of sp³-hybridized carbons (Fsp3) is 0.806. The van der Waals surface area contributed by atoms with Crippen molar-refractivity contribution in [2.24, 2.45) is 0 Å². The van der Waals surface area contributed by atoms with Crippen LogP contribution in [0.4, 0.5) is 0 Å². The summed E-state index contributed by atoms with van der Waals surface area (Å²) < 4.78 is 16.9. The summed E-state index contributed by atoms with van der Waals surface area (Å²) in [5.41, 5.74) is 0. The summed E-state index contributed by atoms with van der Waals surface area (Å²) >= 11 is 0. The highest BCUT2D eigenvalue weighted by Crippen LogP contribution is 2.17. The molecule has 0 aliphatic heterocycles. The highest BCUT2D eigenvalue weighted by Gasteiger charge is 2.19. The number of hydrogen-bond acceptors (Lipinski definition) is 6. The minimum Gasteiger partial charge on any atom is -0.462 e. The van der Waals surface area contributed by atoms with Crippen LogP contribution in [0.25, 0.3) is 0 Å². The van der Waals surface area contributed by atoms with Gasteiger partial charge in [-0.3, -0.25) is 14.4 Å². The largest absolute Gasteiger partial charge is 0.462 e. The van der Waals surface area contributed by atoms with Crippen LogP contribution in [0.3, 0.4) is 0 Å². The molecule has 6 heteroatoms. The molecule has 1 atom stereocenters. The van der Waals surface area contributed by atoms with Gasteiger partial charge >= 0.3 is 17.9 Å². The first-order valence-electron chi connectivity index (χ1n) is 31.8. The van der Waals surface area contributed by atoms with Crippen molar-refractivity contribution in [2.75, 3.05) is 13.2 Å². The zero-order chi connectivity index (χ0) is 52.9. The summed E-state index contributed by atoms with van der Waals surface area (Å²) in [6.07, 6.45) is 77.8. The van der Waals surface area contributed by atoms with Crippen LogP contribution in [0.5, 0.6) is 0 Å². The van der Waals surface area contributed by atoms with Gasteiger partial charge in [0.1, 0.15) is 13.2 Å². The maximum Gasteiger partial charge on any atom is 0.306 e. The van der Waals surface area contributed by atoms with E-state index in [1.165, 1.54) is 199 Å². The van der Waals surface area contributed by atoms with Crippen molar-refractivity contribution < 1.29 is 28.6 Å². The number of allylic oxidation sites excluding steroid dienone is 10. The first-order chi connectivity index (χ1) is 36.0. The molecule has 0 unspecified atom stereocenters. The lowest BCUT2D eigenvalue weighted by Crippen LogP contribution is -2.30. The molecular formula is C67H120O6. The summed E-state index contributed by atoms with van der Waals surface area (Å²) in [5.74, 6) is -0.876. The Morgan fingerprint density at radius 2 is 0.493 bits per heavy atom. The molecule has 0 amide bonds. The molecule has 0 rings (SSSR count). The smallest absolute Gasteiger partial charge is 0.306 e. The van der Waals surface area contributed by atoms with Gasteiger partial charge in [-0.25, -0.2) is 0 Å². The van der Waals surface area contributed by atoms with Crippen molar-refractivity contribution in [1.82, 2.24) is 0 Å². The summed E-state index contributed by atoms with van der Waals surface area (Å²) in [6.45, 7) is 6.62. The number of rotatable bonds is 58. The summed E-state index contributed by atoms with van der Waals surface area (Å²) in [5, 5.41) is 0. The molecule has 0 spiro atoms. The lowest BCUT2D eigenvalue weighted by molar-refractivity contribution is -0.167. The predicted octanol–water partition coefficient (Wildman–Crippen LogP) is 21.6. The van der Waals surface area contributed by atoms with E-state index in [1.54, 1.807) is 0 Å². The zero-order valence-corrected chi connectivity index (χ0v) is 48.7. The Labute approximate surface area is 453 Å². The van der Waals surface area contributed by atoms with E-state index in [4.69, 9.17) is 14.2 Å². The molecule has 0 heterocycles. The third kappa shape index (κ3) is 59.9. The van der Waals surface area contributed by atoms with Gasteiger partial charge in [-0.1, -0.05) is 281 Å². The quantitative estimate of drug-likeness (QED) is 0.0261. The maximum atomic E-state index is 12.9. The molecule has 0 aliphatic rings. The van der Waals surface area contributed by atoms with E-state index in [9.17, 15) is 14.4 Å². The zero-order valence-electron chi connectivity index (χ0n) is 48.7. The molecule has 6 nitrogen and oxygen atoms in total. The third-order valence-electron chi connectivity index (χ3n) is 14.0. The van der Waals surface area contributed by atoms with Gasteiger partial charge in [-0.15, -0.1) is 0 Å². The van der Waals surface area contributed by atoms with Gasteiger partial charge in [-0.05, 0) is 89.9 Å². The standard InChI is InChI=1S/C67H120O6/c1-4-7-10-13-16-19-22-25-28-31-33-36-39-42-45-48-51-54-57-60-66(69)72-63-64(62-71-65(68)59-56-53-50-47-44-41-38-35-30-27-24-21-18-15-12-9-6-3)73-67(70)61-58-55-52-49-46-43-40-37-34-32-29-26-23-20-17-14-11-8-5-2/h16-17,19-20,25-26,28-29,34,37,64H,4-15,18,21-24,27,30-33,35-36,38-63H2,1-3H3/b19-16-,20-17-,28-25-,29-26-,37-34-/t64-/m1/s1. The fourth-order valence-corrected chi connectivity index (χ4v) is 9.19. The van der Waals surface area contributed by atoms with E-state index in [2.05, 4.69) is 81.5 Å². The van der Waals surface area contributed by atoms with Gasteiger partial charge in [0.05, 0.1) is 0 Å². The molecule has 0 fully saturated rings. The number of hydrogen-bond donors (Lipinski definition) is 0. The van der Waals surface area contributed by atoms with Crippen molar-refractivity contribution in [3.05, 3.63) is 60.8 Å². The second kappa shape index (κ2) is 61.7. The molecule has 0 saturated heterocycles. The first kappa shape index (κ1) is 70.1. The molecular weight excluding hydrogens is 901 g/mol. The number of carbonyl (C=O) groups is 3. The maximum absolute atomic E-state index is 12.9. The van der Waals surface area contributed by atoms with Crippen molar-refractivity contribution in [1.29, 1.82) is 0 Å². The Morgan fingerprint density at radius 3 is 0.795 bits per heavy atom. The van der Waals surface area contributed by atoms with E-state index in [0.717, 1.165) is 89.9 Å². The van der Waals surface area contributed by atoms with Gasteiger partial charge in [0.2, 0.25) is 0 Å². The molecule has 73 heavy (non-hydrogen) atoms. The van der Waals surface area contributed by atoms with E-state index < -0.39 is 6.10 Å². The normalized spacial score (nSPS) is 12.4. The highest BCUT2D eigenvalue weighted by atomic mass is 16.6. The minimum absolute atomic E-state index is 0.0777. The van der Waals surface area contributed by atoms with Gasteiger partial charge < -0.3 is 14.2 Å². The lowest BCUT2D eigenvalue weighted by atomic mass is 10.0. The van der Waals surface area contributed by atoms with Crippen molar-refractivity contribution in [3.63, 3.8) is 0 Å². The van der Waals surface area contributed by atoms with Crippen LogP contribution >= 0.6 is 0 Å². The lowest BCUT2D eigenvalue weighted by Gasteiger charge is -2.18. The summed E-state index contributed by atoms with van der Waals surface area (Å²) in [7, 11) is 0. The SMILES string of the molecule is CCCCC/C=C\C/C=C\C/C=C\CCCCCCCCC(=O)O[C@@H](COC(=O)CCCCCCCCCCC/C=C\C/C=C\CCCCC)COC(=O)CCCCCCCCCCCCCCCCCCC. The second-order valence-corrected chi connectivity index (χ2v) is 21.3. The molecule has 0 aliphatic carbocycles. The van der Waals surface area contributed by atoms with Crippen LogP contribution in [0.15, 0.2) is 60.8 Å². The summed E-state index contributed by atoms with van der Waals surface area (Å²) in [6, 6.07) is 0. The van der Waals surface area contributed by atoms with Crippen LogP contribution < -0.4 is 0 Å². The molecule has 0 bridgehead atoms. The van der Waals surface area contributed by atoms with Gasteiger partial charge in [0.25, 0.3) is 0 Å². The average molecular weight is 1020 g/mol. The topological polar surface area (TPSA) is 78.9 Å². The van der Waals surface area contributed by atoms with Gasteiger partial charge in [0, 0.05) is 19.3 Å². The Bertz CT molecular complexity index is 1310. The number of esters is 3. The monoisotopic (exact) mass is 1020 g/mol. The molecule has 0 radical (unpaired) electrons. The molecule has 0 saturated carbocycles. The molecule has 0 aromatic heterocycles. The molecule has 0 N–H and O–H groups in total. The number of ether oxygens (including phenoxy) is 3. The van der Waals surface area contributed by atoms with E-state index >= 15 is 0 Å². The Balaban J connectivity index is 4.38. The third-order valence-corrected chi connectivity index (χ3v) is 14.0. The van der Waals surface area contributed by atoms with Crippen LogP contribution in [-0.2, 0) is 28.6 Å². The highest BCUT2D eigenvalue weighted by molar-refractivity contribution is 5.71. The second-order valence-electron chi connectivity index (χ2n) is 21.3. The molecule has 424 valence electrons. The van der Waals surface area contributed by atoms with Crippen molar-refractivity contribution >= 4 is 17.9 Å². The Morgan fingerprint density at radius 1 is 0.274 bits per heavy atom. The van der Waals surface area contributed by atoms with Gasteiger partial charge in [-0.2, -0.15) is 0 Å². The van der Waals surface area contributed by atoms with E-state index in [-0.39, 0.29) is 31.1 Å². The van der Waals surface area contributed by atoms with Crippen LogP contribution in [0.2, 0.25) is 0 Å². The average Bonchev–Trinajstić information content (AvgIpc) is 3.39. The van der Waals surface area contributed by atoms with Crippen LogP contribution in [-0.4, -0.2) is 37.2 Å². The van der Waals surface area contributed by atoms with E-state index in [1.807, 2.05) is 0 Å². The number of carbonyl (C=O) groups excluding carboxylic acids is 3.